The Labute approximate surface area is 128 Å². The van der Waals surface area contributed by atoms with Crippen LogP contribution in [-0.2, 0) is 0 Å². The van der Waals surface area contributed by atoms with Crippen molar-refractivity contribution in [3.05, 3.63) is 42.5 Å². The van der Waals surface area contributed by atoms with Gasteiger partial charge in [0.25, 0.3) is 0 Å². The van der Waals surface area contributed by atoms with Gasteiger partial charge >= 0.3 is 0 Å². The number of hydrogen-bond acceptors (Lipinski definition) is 2. The van der Waals surface area contributed by atoms with Gasteiger partial charge in [0.2, 0.25) is 0 Å². The van der Waals surface area contributed by atoms with Gasteiger partial charge in [-0.3, -0.25) is 0 Å². The summed E-state index contributed by atoms with van der Waals surface area (Å²) in [5.74, 6) is 0. The van der Waals surface area contributed by atoms with Crippen molar-refractivity contribution in [1.29, 1.82) is 0 Å². The van der Waals surface area contributed by atoms with E-state index in [0.717, 1.165) is 19.6 Å². The highest BCUT2D eigenvalue weighted by atomic mass is 15.1. The molecule has 0 spiro atoms. The zero-order valence-corrected chi connectivity index (χ0v) is 13.2. The lowest BCUT2D eigenvalue weighted by molar-refractivity contribution is 0.313. The third kappa shape index (κ3) is 2.77. The van der Waals surface area contributed by atoms with Crippen LogP contribution in [-0.4, -0.2) is 26.2 Å². The quantitative estimate of drug-likeness (QED) is 0.890. The van der Waals surface area contributed by atoms with E-state index in [4.69, 9.17) is 0 Å². The van der Waals surface area contributed by atoms with Crippen LogP contribution >= 0.6 is 0 Å². The maximum absolute atomic E-state index is 3.56. The van der Waals surface area contributed by atoms with Crippen molar-refractivity contribution in [3.8, 4) is 0 Å². The predicted molar refractivity (Wildman–Crippen MR) is 92.0 cm³/mol. The lowest BCUT2D eigenvalue weighted by Gasteiger charge is -2.35. The number of benzene rings is 2. The minimum absolute atomic E-state index is 0.437. The molecular formula is C19H26N2. The second-order valence-corrected chi connectivity index (χ2v) is 6.29. The predicted octanol–water partition coefficient (Wildman–Crippen LogP) is 4.06. The first kappa shape index (κ1) is 14.4. The molecule has 1 aliphatic rings. The summed E-state index contributed by atoms with van der Waals surface area (Å²) >= 11 is 0. The molecule has 3 rings (SSSR count). The standard InChI is InChI=1S/C19H26N2/c1-3-19(12-13-20-14-19)15-21(4-2)18-11-7-9-16-8-5-6-10-17(16)18/h5-11,20H,3-4,12-15H2,1-2H3. The summed E-state index contributed by atoms with van der Waals surface area (Å²) < 4.78 is 0. The van der Waals surface area contributed by atoms with E-state index >= 15 is 0 Å². The maximum atomic E-state index is 3.56. The fourth-order valence-corrected chi connectivity index (χ4v) is 3.60. The van der Waals surface area contributed by atoms with E-state index in [2.05, 4.69) is 66.5 Å². The number of nitrogens with zero attached hydrogens (tertiary/aromatic N) is 1. The zero-order valence-electron chi connectivity index (χ0n) is 13.2. The summed E-state index contributed by atoms with van der Waals surface area (Å²) in [6.45, 7) is 9.15. The molecular weight excluding hydrogens is 256 g/mol. The van der Waals surface area contributed by atoms with Crippen LogP contribution in [0.25, 0.3) is 10.8 Å². The van der Waals surface area contributed by atoms with Gasteiger partial charge in [0, 0.05) is 36.1 Å². The molecule has 112 valence electrons. The van der Waals surface area contributed by atoms with Gasteiger partial charge in [0.05, 0.1) is 0 Å². The third-order valence-electron chi connectivity index (χ3n) is 5.10. The number of nitrogens with one attached hydrogen (secondary N) is 1. The zero-order chi connectivity index (χ0) is 14.7. The molecule has 2 aromatic carbocycles. The van der Waals surface area contributed by atoms with Crippen LogP contribution in [0.3, 0.4) is 0 Å². The molecule has 2 aromatic rings. The maximum Gasteiger partial charge on any atom is 0.0445 e. The average Bonchev–Trinajstić information content (AvgIpc) is 3.01. The number of anilines is 1. The minimum Gasteiger partial charge on any atom is -0.371 e. The largest absolute Gasteiger partial charge is 0.371 e. The van der Waals surface area contributed by atoms with E-state index < -0.39 is 0 Å². The third-order valence-corrected chi connectivity index (χ3v) is 5.10. The number of hydrogen-bond donors (Lipinski definition) is 1. The van der Waals surface area contributed by atoms with E-state index in [1.807, 2.05) is 0 Å². The fraction of sp³-hybridized carbons (Fsp3) is 0.474. The molecule has 1 atom stereocenters. The second-order valence-electron chi connectivity index (χ2n) is 6.29. The Balaban J connectivity index is 1.95. The van der Waals surface area contributed by atoms with Gasteiger partial charge in [0.15, 0.2) is 0 Å². The summed E-state index contributed by atoms with van der Waals surface area (Å²) in [6, 6.07) is 15.4. The van der Waals surface area contributed by atoms with Crippen LogP contribution in [0.5, 0.6) is 0 Å². The summed E-state index contributed by atoms with van der Waals surface area (Å²) in [5.41, 5.74) is 1.82. The SMILES string of the molecule is CCN(CC1(CC)CCNC1)c1cccc2ccccc12. The van der Waals surface area contributed by atoms with Gasteiger partial charge in [-0.2, -0.15) is 0 Å². The number of fused-ring (bicyclic) bond motifs is 1. The second kappa shape index (κ2) is 6.07. The van der Waals surface area contributed by atoms with Crippen LogP contribution in [0.2, 0.25) is 0 Å². The Bertz CT molecular complexity index is 594. The van der Waals surface area contributed by atoms with E-state index in [9.17, 15) is 0 Å². The van der Waals surface area contributed by atoms with E-state index in [1.165, 1.54) is 35.8 Å². The van der Waals surface area contributed by atoms with Crippen molar-refractivity contribution in [1.82, 2.24) is 5.32 Å². The lowest BCUT2D eigenvalue weighted by atomic mass is 9.83. The molecule has 0 radical (unpaired) electrons. The monoisotopic (exact) mass is 282 g/mol. The Morgan fingerprint density at radius 3 is 2.62 bits per heavy atom. The van der Waals surface area contributed by atoms with Crippen molar-refractivity contribution >= 4 is 16.5 Å². The fourth-order valence-electron chi connectivity index (χ4n) is 3.60. The molecule has 0 saturated carbocycles. The molecule has 0 bridgehead atoms. The first-order valence-corrected chi connectivity index (χ1v) is 8.21. The summed E-state index contributed by atoms with van der Waals surface area (Å²) in [5, 5.41) is 6.27. The molecule has 0 amide bonds. The molecule has 1 aliphatic heterocycles. The molecule has 1 saturated heterocycles. The Kier molecular flexibility index (Phi) is 4.16. The van der Waals surface area contributed by atoms with Crippen LogP contribution in [0.15, 0.2) is 42.5 Å². The smallest absolute Gasteiger partial charge is 0.0445 e. The molecule has 1 fully saturated rings. The van der Waals surface area contributed by atoms with Crippen molar-refractivity contribution in [3.63, 3.8) is 0 Å². The van der Waals surface area contributed by atoms with Crippen LogP contribution in [0.1, 0.15) is 26.7 Å². The average molecular weight is 282 g/mol. The Morgan fingerprint density at radius 2 is 1.90 bits per heavy atom. The molecule has 1 unspecified atom stereocenters. The molecule has 0 aromatic heterocycles. The van der Waals surface area contributed by atoms with Crippen LogP contribution < -0.4 is 10.2 Å². The van der Waals surface area contributed by atoms with Crippen LogP contribution in [0, 0.1) is 5.41 Å². The molecule has 0 aliphatic carbocycles. The minimum atomic E-state index is 0.437. The molecule has 2 nitrogen and oxygen atoms in total. The van der Waals surface area contributed by atoms with Crippen molar-refractivity contribution in [2.75, 3.05) is 31.1 Å². The first-order valence-electron chi connectivity index (χ1n) is 8.21. The topological polar surface area (TPSA) is 15.3 Å². The number of rotatable bonds is 5. The van der Waals surface area contributed by atoms with Crippen molar-refractivity contribution < 1.29 is 0 Å². The molecule has 1 N–H and O–H groups in total. The Morgan fingerprint density at radius 1 is 1.10 bits per heavy atom. The lowest BCUT2D eigenvalue weighted by Crippen LogP contribution is -2.39. The Hall–Kier alpha value is -1.54. The van der Waals surface area contributed by atoms with Crippen molar-refractivity contribution in [2.45, 2.75) is 26.7 Å². The van der Waals surface area contributed by atoms with Gasteiger partial charge in [-0.15, -0.1) is 0 Å². The first-order chi connectivity index (χ1) is 10.3. The molecule has 1 heterocycles. The van der Waals surface area contributed by atoms with E-state index in [1.54, 1.807) is 0 Å². The highest BCUT2D eigenvalue weighted by Crippen LogP contribution is 2.34. The van der Waals surface area contributed by atoms with E-state index in [0.29, 0.717) is 5.41 Å². The molecule has 2 heteroatoms. The van der Waals surface area contributed by atoms with E-state index in [-0.39, 0.29) is 0 Å². The normalized spacial score (nSPS) is 21.8. The summed E-state index contributed by atoms with van der Waals surface area (Å²) in [7, 11) is 0. The van der Waals surface area contributed by atoms with Gasteiger partial charge in [-0.05, 0) is 37.8 Å². The van der Waals surface area contributed by atoms with Crippen LogP contribution in [0.4, 0.5) is 5.69 Å². The highest BCUT2D eigenvalue weighted by Gasteiger charge is 2.33. The van der Waals surface area contributed by atoms with Gasteiger partial charge < -0.3 is 10.2 Å². The highest BCUT2D eigenvalue weighted by molar-refractivity contribution is 5.94. The molecule has 21 heavy (non-hydrogen) atoms. The van der Waals surface area contributed by atoms with Crippen molar-refractivity contribution in [2.24, 2.45) is 5.41 Å². The van der Waals surface area contributed by atoms with Gasteiger partial charge in [0.1, 0.15) is 0 Å². The summed E-state index contributed by atoms with van der Waals surface area (Å²) in [4.78, 5) is 2.57. The van der Waals surface area contributed by atoms with Gasteiger partial charge in [-0.25, -0.2) is 0 Å². The van der Waals surface area contributed by atoms with Gasteiger partial charge in [-0.1, -0.05) is 43.3 Å². The summed E-state index contributed by atoms with van der Waals surface area (Å²) in [6.07, 6.45) is 2.55.